The van der Waals surface area contributed by atoms with Crippen molar-refractivity contribution in [3.63, 3.8) is 0 Å². The molecule has 0 N–H and O–H groups in total. The molecule has 0 amide bonds. The highest BCUT2D eigenvalue weighted by Gasteiger charge is 2.19. The first-order chi connectivity index (χ1) is 12.1. The van der Waals surface area contributed by atoms with Gasteiger partial charge in [0.1, 0.15) is 5.75 Å². The highest BCUT2D eigenvalue weighted by atomic mass is 16.5. The fourth-order valence-corrected chi connectivity index (χ4v) is 3.18. The Labute approximate surface area is 147 Å². The quantitative estimate of drug-likeness (QED) is 0.452. The second-order valence-corrected chi connectivity index (χ2v) is 6.58. The van der Waals surface area contributed by atoms with E-state index < -0.39 is 5.97 Å². The molecule has 2 aromatic rings. The molecule has 25 heavy (non-hydrogen) atoms. The second kappa shape index (κ2) is 7.51. The SMILES string of the molecule is C=C(C)C(=O)Oc1cccc2c(C(=O)OCC3CCCC3)cccc12. The first kappa shape index (κ1) is 17.2. The van der Waals surface area contributed by atoms with E-state index in [1.807, 2.05) is 12.1 Å². The van der Waals surface area contributed by atoms with Crippen LogP contribution >= 0.6 is 0 Å². The van der Waals surface area contributed by atoms with Gasteiger partial charge in [-0.2, -0.15) is 0 Å². The van der Waals surface area contributed by atoms with Gasteiger partial charge in [-0.3, -0.25) is 0 Å². The topological polar surface area (TPSA) is 52.6 Å². The lowest BCUT2D eigenvalue weighted by atomic mass is 10.0. The molecule has 0 bridgehead atoms. The fourth-order valence-electron chi connectivity index (χ4n) is 3.18. The molecule has 1 fully saturated rings. The Morgan fingerprint density at radius 2 is 1.76 bits per heavy atom. The van der Waals surface area contributed by atoms with E-state index in [2.05, 4.69) is 6.58 Å². The zero-order valence-corrected chi connectivity index (χ0v) is 14.4. The zero-order chi connectivity index (χ0) is 17.8. The Bertz CT molecular complexity index is 816. The van der Waals surface area contributed by atoms with Crippen molar-refractivity contribution in [1.82, 2.24) is 0 Å². The third-order valence-corrected chi connectivity index (χ3v) is 4.58. The van der Waals surface area contributed by atoms with E-state index >= 15 is 0 Å². The number of benzene rings is 2. The second-order valence-electron chi connectivity index (χ2n) is 6.58. The molecule has 1 aliphatic carbocycles. The van der Waals surface area contributed by atoms with Crippen LogP contribution in [0, 0.1) is 5.92 Å². The lowest BCUT2D eigenvalue weighted by Gasteiger charge is -2.13. The molecular formula is C21H22O4. The molecule has 0 aliphatic heterocycles. The van der Waals surface area contributed by atoms with Crippen LogP contribution in [-0.2, 0) is 9.53 Å². The Morgan fingerprint density at radius 1 is 1.08 bits per heavy atom. The van der Waals surface area contributed by atoms with Gasteiger partial charge in [-0.15, -0.1) is 0 Å². The third-order valence-electron chi connectivity index (χ3n) is 4.58. The zero-order valence-electron chi connectivity index (χ0n) is 14.4. The molecule has 130 valence electrons. The van der Waals surface area contributed by atoms with Crippen molar-refractivity contribution in [3.8, 4) is 5.75 Å². The number of rotatable bonds is 5. The van der Waals surface area contributed by atoms with E-state index in [0.29, 0.717) is 40.2 Å². The molecule has 0 saturated heterocycles. The Morgan fingerprint density at radius 3 is 2.48 bits per heavy atom. The van der Waals surface area contributed by atoms with E-state index in [1.54, 1.807) is 31.2 Å². The lowest BCUT2D eigenvalue weighted by Crippen LogP contribution is -2.12. The van der Waals surface area contributed by atoms with Crippen LogP contribution in [0.3, 0.4) is 0 Å². The number of carbonyl (C=O) groups is 2. The van der Waals surface area contributed by atoms with Crippen molar-refractivity contribution in [2.75, 3.05) is 6.61 Å². The predicted octanol–water partition coefficient (Wildman–Crippen LogP) is 4.67. The number of hydrogen-bond acceptors (Lipinski definition) is 4. The summed E-state index contributed by atoms with van der Waals surface area (Å²) >= 11 is 0. The van der Waals surface area contributed by atoms with Crippen LogP contribution in [-0.4, -0.2) is 18.5 Å². The molecular weight excluding hydrogens is 316 g/mol. The minimum Gasteiger partial charge on any atom is -0.462 e. The molecule has 3 rings (SSSR count). The van der Waals surface area contributed by atoms with Gasteiger partial charge in [0.2, 0.25) is 0 Å². The predicted molar refractivity (Wildman–Crippen MR) is 96.6 cm³/mol. The summed E-state index contributed by atoms with van der Waals surface area (Å²) in [7, 11) is 0. The van der Waals surface area contributed by atoms with Crippen molar-refractivity contribution >= 4 is 22.7 Å². The van der Waals surface area contributed by atoms with Crippen LogP contribution < -0.4 is 4.74 Å². The van der Waals surface area contributed by atoms with Crippen molar-refractivity contribution in [1.29, 1.82) is 0 Å². The van der Waals surface area contributed by atoms with E-state index in [1.165, 1.54) is 12.8 Å². The summed E-state index contributed by atoms with van der Waals surface area (Å²) in [5, 5.41) is 1.42. The van der Waals surface area contributed by atoms with Gasteiger partial charge >= 0.3 is 11.9 Å². The molecule has 0 unspecified atom stereocenters. The Kier molecular flexibility index (Phi) is 5.17. The molecule has 0 radical (unpaired) electrons. The summed E-state index contributed by atoms with van der Waals surface area (Å²) in [4.78, 5) is 24.3. The van der Waals surface area contributed by atoms with Gasteiger partial charge in [-0.05, 0) is 43.2 Å². The van der Waals surface area contributed by atoms with E-state index in [0.717, 1.165) is 12.8 Å². The summed E-state index contributed by atoms with van der Waals surface area (Å²) in [5.41, 5.74) is 0.813. The van der Waals surface area contributed by atoms with Gasteiger partial charge in [0, 0.05) is 11.0 Å². The molecule has 0 heterocycles. The first-order valence-corrected chi connectivity index (χ1v) is 8.63. The molecule has 4 heteroatoms. The van der Waals surface area contributed by atoms with Gasteiger partial charge < -0.3 is 9.47 Å². The van der Waals surface area contributed by atoms with Crippen LogP contribution in [0.2, 0.25) is 0 Å². The number of hydrogen-bond donors (Lipinski definition) is 0. The molecule has 4 nitrogen and oxygen atoms in total. The summed E-state index contributed by atoms with van der Waals surface area (Å²) in [6.07, 6.45) is 4.69. The fraction of sp³-hybridized carbons (Fsp3) is 0.333. The number of ether oxygens (including phenoxy) is 2. The summed E-state index contributed by atoms with van der Waals surface area (Å²) < 4.78 is 10.9. The average molecular weight is 338 g/mol. The molecule has 1 aliphatic rings. The van der Waals surface area contributed by atoms with Crippen LogP contribution in [0.1, 0.15) is 43.0 Å². The van der Waals surface area contributed by atoms with Crippen molar-refractivity contribution < 1.29 is 19.1 Å². The van der Waals surface area contributed by atoms with Gasteiger partial charge in [0.15, 0.2) is 0 Å². The standard InChI is InChI=1S/C21H22O4/c1-14(2)20(22)25-19-12-6-9-16-17(19)10-5-11-18(16)21(23)24-13-15-7-3-4-8-15/h5-6,9-12,15H,1,3-4,7-8,13H2,2H3. The third kappa shape index (κ3) is 3.90. The van der Waals surface area contributed by atoms with Gasteiger partial charge in [0.05, 0.1) is 12.2 Å². The van der Waals surface area contributed by atoms with Crippen LogP contribution in [0.5, 0.6) is 5.75 Å². The van der Waals surface area contributed by atoms with E-state index in [-0.39, 0.29) is 5.97 Å². The maximum atomic E-state index is 12.5. The summed E-state index contributed by atoms with van der Waals surface area (Å²) in [5.74, 6) is 0.0737. The summed E-state index contributed by atoms with van der Waals surface area (Å²) in [6.45, 7) is 5.66. The number of carbonyl (C=O) groups excluding carboxylic acids is 2. The van der Waals surface area contributed by atoms with Crippen molar-refractivity contribution in [3.05, 3.63) is 54.1 Å². The lowest BCUT2D eigenvalue weighted by molar-refractivity contribution is -0.129. The van der Waals surface area contributed by atoms with Crippen LogP contribution in [0.15, 0.2) is 48.6 Å². The van der Waals surface area contributed by atoms with Gasteiger partial charge in [-0.1, -0.05) is 43.7 Å². The smallest absolute Gasteiger partial charge is 0.338 e. The normalized spacial score (nSPS) is 14.4. The molecule has 2 aromatic carbocycles. The molecule has 1 saturated carbocycles. The highest BCUT2D eigenvalue weighted by molar-refractivity contribution is 6.06. The van der Waals surface area contributed by atoms with Gasteiger partial charge in [0.25, 0.3) is 0 Å². The highest BCUT2D eigenvalue weighted by Crippen LogP contribution is 2.30. The van der Waals surface area contributed by atoms with Crippen molar-refractivity contribution in [2.45, 2.75) is 32.6 Å². The minimum absolute atomic E-state index is 0.323. The maximum Gasteiger partial charge on any atom is 0.338 e. The minimum atomic E-state index is -0.485. The Hall–Kier alpha value is -2.62. The molecule has 0 aromatic heterocycles. The Balaban J connectivity index is 1.84. The van der Waals surface area contributed by atoms with Crippen LogP contribution in [0.4, 0.5) is 0 Å². The first-order valence-electron chi connectivity index (χ1n) is 8.63. The summed E-state index contributed by atoms with van der Waals surface area (Å²) in [6, 6.07) is 10.6. The number of esters is 2. The monoisotopic (exact) mass is 338 g/mol. The average Bonchev–Trinajstić information content (AvgIpc) is 3.13. The number of fused-ring (bicyclic) bond motifs is 1. The molecule has 0 atom stereocenters. The molecule has 0 spiro atoms. The van der Waals surface area contributed by atoms with E-state index in [4.69, 9.17) is 9.47 Å². The largest absolute Gasteiger partial charge is 0.462 e. The van der Waals surface area contributed by atoms with Gasteiger partial charge in [-0.25, -0.2) is 9.59 Å². The van der Waals surface area contributed by atoms with Crippen LogP contribution in [0.25, 0.3) is 10.8 Å². The maximum absolute atomic E-state index is 12.5. The van der Waals surface area contributed by atoms with Crippen molar-refractivity contribution in [2.24, 2.45) is 5.92 Å². The van der Waals surface area contributed by atoms with E-state index in [9.17, 15) is 9.59 Å².